The van der Waals surface area contributed by atoms with E-state index in [1.54, 1.807) is 0 Å². The molecule has 1 spiro atoms. The van der Waals surface area contributed by atoms with Crippen molar-refractivity contribution < 1.29 is 0 Å². The second kappa shape index (κ2) is 7.57. The first-order valence-electron chi connectivity index (χ1n) is 11.3. The van der Waals surface area contributed by atoms with Gasteiger partial charge >= 0.3 is 0 Å². The summed E-state index contributed by atoms with van der Waals surface area (Å²) in [6.45, 7) is 3.99. The first-order chi connectivity index (χ1) is 15.3. The fourth-order valence-corrected chi connectivity index (χ4v) is 5.47. The maximum Gasteiger partial charge on any atom is 0.227 e. The van der Waals surface area contributed by atoms with Gasteiger partial charge in [0.1, 0.15) is 5.82 Å². The highest BCUT2D eigenvalue weighted by molar-refractivity contribution is 5.79. The Balaban J connectivity index is 1.30. The zero-order valence-corrected chi connectivity index (χ0v) is 17.6. The average Bonchev–Trinajstić information content (AvgIpc) is 3.10. The molecule has 0 atom stereocenters. The average molecular weight is 414 g/mol. The Labute approximate surface area is 182 Å². The van der Waals surface area contributed by atoms with E-state index in [0.29, 0.717) is 5.95 Å². The fraction of sp³-hybridized carbons (Fsp3) is 0.417. The molecule has 2 N–H and O–H groups in total. The molecule has 3 aromatic rings. The van der Waals surface area contributed by atoms with Crippen LogP contribution in [0.3, 0.4) is 0 Å². The zero-order valence-electron chi connectivity index (χ0n) is 17.6. The van der Waals surface area contributed by atoms with E-state index in [1.165, 1.54) is 30.4 Å². The standard InChI is InChI=1S/C24H27N7/c1-2-7-24(8-3-1)20-16-26-9-6-18(20)19-15-28-23(30-22(19)24)29-17-4-5-21(27-14-17)31-12-10-25-11-13-31/h4-6,9,14-16,25H,1-3,7-8,10-13H2,(H,28,29,30). The van der Waals surface area contributed by atoms with Crippen LogP contribution in [0.25, 0.3) is 11.1 Å². The minimum absolute atomic E-state index is 0.0129. The van der Waals surface area contributed by atoms with Crippen LogP contribution in [-0.2, 0) is 5.41 Å². The van der Waals surface area contributed by atoms with E-state index >= 15 is 0 Å². The summed E-state index contributed by atoms with van der Waals surface area (Å²) in [6.07, 6.45) is 13.8. The van der Waals surface area contributed by atoms with Gasteiger partial charge in [-0.15, -0.1) is 0 Å². The van der Waals surface area contributed by atoms with Gasteiger partial charge in [0.15, 0.2) is 0 Å². The Morgan fingerprint density at radius 1 is 0.903 bits per heavy atom. The normalized spacial score (nSPS) is 19.2. The van der Waals surface area contributed by atoms with E-state index < -0.39 is 0 Å². The van der Waals surface area contributed by atoms with E-state index in [0.717, 1.165) is 61.8 Å². The van der Waals surface area contributed by atoms with Crippen molar-refractivity contribution in [2.24, 2.45) is 0 Å². The number of nitrogens with zero attached hydrogens (tertiary/aromatic N) is 5. The zero-order chi connectivity index (χ0) is 20.7. The van der Waals surface area contributed by atoms with Crippen LogP contribution >= 0.6 is 0 Å². The highest BCUT2D eigenvalue weighted by atomic mass is 15.2. The maximum atomic E-state index is 5.06. The highest BCUT2D eigenvalue weighted by Crippen LogP contribution is 2.54. The molecule has 31 heavy (non-hydrogen) atoms. The van der Waals surface area contributed by atoms with Crippen LogP contribution in [0, 0.1) is 0 Å². The van der Waals surface area contributed by atoms with E-state index in [-0.39, 0.29) is 5.41 Å². The van der Waals surface area contributed by atoms with Crippen LogP contribution in [0.1, 0.15) is 43.4 Å². The van der Waals surface area contributed by atoms with Crippen molar-refractivity contribution in [3.63, 3.8) is 0 Å². The number of fused-ring (bicyclic) bond motifs is 5. The lowest BCUT2D eigenvalue weighted by Gasteiger charge is -2.34. The molecule has 3 aliphatic rings. The van der Waals surface area contributed by atoms with Gasteiger partial charge in [0.2, 0.25) is 5.95 Å². The third-order valence-electron chi connectivity index (χ3n) is 7.02. The maximum absolute atomic E-state index is 5.06. The monoisotopic (exact) mass is 413 g/mol. The molecule has 4 heterocycles. The summed E-state index contributed by atoms with van der Waals surface area (Å²) in [5, 5.41) is 6.76. The van der Waals surface area contributed by atoms with Crippen LogP contribution in [-0.4, -0.2) is 46.1 Å². The van der Waals surface area contributed by atoms with Gasteiger partial charge < -0.3 is 15.5 Å². The van der Waals surface area contributed by atoms with E-state index in [1.807, 2.05) is 24.8 Å². The topological polar surface area (TPSA) is 78.9 Å². The van der Waals surface area contributed by atoms with E-state index in [9.17, 15) is 0 Å². The van der Waals surface area contributed by atoms with Crippen molar-refractivity contribution in [3.8, 4) is 11.1 Å². The van der Waals surface area contributed by atoms with Crippen LogP contribution < -0.4 is 15.5 Å². The molecular weight excluding hydrogens is 386 g/mol. The number of rotatable bonds is 3. The lowest BCUT2D eigenvalue weighted by molar-refractivity contribution is 0.345. The molecule has 0 unspecified atom stereocenters. The Morgan fingerprint density at radius 2 is 1.77 bits per heavy atom. The second-order valence-electron chi connectivity index (χ2n) is 8.79. The predicted octanol–water partition coefficient (Wildman–Crippen LogP) is 3.65. The van der Waals surface area contributed by atoms with Gasteiger partial charge in [-0.05, 0) is 42.2 Å². The third-order valence-corrected chi connectivity index (χ3v) is 7.02. The number of pyridine rings is 2. The molecule has 2 fully saturated rings. The minimum atomic E-state index is -0.0129. The van der Waals surface area contributed by atoms with Crippen molar-refractivity contribution >= 4 is 17.5 Å². The SMILES string of the molecule is c1cc2c(cn1)C1(CCCCC1)c1nc(Nc3ccc(N4CCNCC4)nc3)ncc1-2. The molecule has 0 aromatic carbocycles. The molecular formula is C24H27N7. The Kier molecular flexibility index (Phi) is 4.56. The van der Waals surface area contributed by atoms with Crippen molar-refractivity contribution in [2.75, 3.05) is 36.4 Å². The van der Waals surface area contributed by atoms with Crippen LogP contribution in [0.15, 0.2) is 43.0 Å². The molecule has 0 radical (unpaired) electrons. The number of hydrogen-bond donors (Lipinski definition) is 2. The molecule has 7 heteroatoms. The van der Waals surface area contributed by atoms with E-state index in [2.05, 4.69) is 48.7 Å². The molecule has 6 rings (SSSR count). The minimum Gasteiger partial charge on any atom is -0.354 e. The molecule has 3 aromatic heterocycles. The van der Waals surface area contributed by atoms with Gasteiger partial charge in [-0.2, -0.15) is 0 Å². The van der Waals surface area contributed by atoms with Crippen molar-refractivity contribution in [3.05, 3.63) is 54.2 Å². The van der Waals surface area contributed by atoms with Gasteiger partial charge in [0.25, 0.3) is 0 Å². The largest absolute Gasteiger partial charge is 0.354 e. The molecule has 0 bridgehead atoms. The summed E-state index contributed by atoms with van der Waals surface area (Å²) in [5.74, 6) is 1.66. The van der Waals surface area contributed by atoms with Crippen LogP contribution in [0.4, 0.5) is 17.5 Å². The van der Waals surface area contributed by atoms with Crippen LogP contribution in [0.2, 0.25) is 0 Å². The molecule has 1 saturated heterocycles. The summed E-state index contributed by atoms with van der Waals surface area (Å²) in [5.41, 5.74) is 5.81. The van der Waals surface area contributed by atoms with E-state index in [4.69, 9.17) is 4.98 Å². The van der Waals surface area contributed by atoms with Gasteiger partial charge in [0.05, 0.1) is 17.6 Å². The van der Waals surface area contributed by atoms with Gasteiger partial charge in [0, 0.05) is 55.7 Å². The van der Waals surface area contributed by atoms with Gasteiger partial charge in [-0.25, -0.2) is 15.0 Å². The predicted molar refractivity (Wildman–Crippen MR) is 122 cm³/mol. The number of hydrogen-bond acceptors (Lipinski definition) is 7. The lowest BCUT2D eigenvalue weighted by Crippen LogP contribution is -2.43. The third kappa shape index (κ3) is 3.15. The molecule has 1 saturated carbocycles. The first-order valence-corrected chi connectivity index (χ1v) is 11.3. The lowest BCUT2D eigenvalue weighted by atomic mass is 9.70. The summed E-state index contributed by atoms with van der Waals surface area (Å²) in [6, 6.07) is 6.26. The number of piperazine rings is 1. The molecule has 2 aliphatic carbocycles. The smallest absolute Gasteiger partial charge is 0.227 e. The van der Waals surface area contributed by atoms with Gasteiger partial charge in [-0.1, -0.05) is 19.3 Å². The summed E-state index contributed by atoms with van der Waals surface area (Å²) >= 11 is 0. The van der Waals surface area contributed by atoms with Gasteiger partial charge in [-0.3, -0.25) is 4.98 Å². The van der Waals surface area contributed by atoms with Crippen molar-refractivity contribution in [1.82, 2.24) is 25.3 Å². The fourth-order valence-electron chi connectivity index (χ4n) is 5.47. The van der Waals surface area contributed by atoms with Crippen molar-refractivity contribution in [2.45, 2.75) is 37.5 Å². The second-order valence-corrected chi connectivity index (χ2v) is 8.79. The molecule has 0 amide bonds. The Hall–Kier alpha value is -3.06. The Bertz CT molecular complexity index is 1080. The molecule has 7 nitrogen and oxygen atoms in total. The molecule has 158 valence electrons. The number of aromatic nitrogens is 4. The summed E-state index contributed by atoms with van der Waals surface area (Å²) < 4.78 is 0. The number of anilines is 3. The number of nitrogens with one attached hydrogen (secondary N) is 2. The van der Waals surface area contributed by atoms with Crippen LogP contribution in [0.5, 0.6) is 0 Å². The first kappa shape index (κ1) is 18.7. The summed E-state index contributed by atoms with van der Waals surface area (Å²) in [4.78, 5) is 21.1. The van der Waals surface area contributed by atoms with Crippen molar-refractivity contribution in [1.29, 1.82) is 0 Å². The Morgan fingerprint density at radius 3 is 2.58 bits per heavy atom. The highest BCUT2D eigenvalue weighted by Gasteiger charge is 2.45. The molecule has 1 aliphatic heterocycles. The quantitative estimate of drug-likeness (QED) is 0.678. The summed E-state index contributed by atoms with van der Waals surface area (Å²) in [7, 11) is 0.